The number of carbonyl (C=O) groups is 1. The topological polar surface area (TPSA) is 79.8 Å². The second-order valence-electron chi connectivity index (χ2n) is 7.20. The Morgan fingerprint density at radius 1 is 0.967 bits per heavy atom. The van der Waals surface area contributed by atoms with E-state index in [1.165, 1.54) is 12.5 Å². The Morgan fingerprint density at radius 3 is 2.07 bits per heavy atom. The fourth-order valence-electron chi connectivity index (χ4n) is 3.33. The van der Waals surface area contributed by atoms with Gasteiger partial charge in [0, 0.05) is 46.2 Å². The van der Waals surface area contributed by atoms with Crippen LogP contribution in [0.25, 0.3) is 0 Å². The van der Waals surface area contributed by atoms with Crippen molar-refractivity contribution < 1.29 is 14.3 Å². The summed E-state index contributed by atoms with van der Waals surface area (Å²) in [6.07, 6.45) is 0. The number of anilines is 1. The Labute approximate surface area is 178 Å². The molecule has 1 aliphatic rings. The molecule has 0 bridgehead atoms. The summed E-state index contributed by atoms with van der Waals surface area (Å²) in [6, 6.07) is 10.1. The predicted molar refractivity (Wildman–Crippen MR) is 116 cm³/mol. The molecule has 2 aromatic rings. The number of carbonyl (C=O) groups excluding carboxylic acids is 1. The van der Waals surface area contributed by atoms with Gasteiger partial charge in [0.1, 0.15) is 0 Å². The first-order chi connectivity index (χ1) is 14.6. The van der Waals surface area contributed by atoms with E-state index in [-0.39, 0.29) is 5.91 Å². The molecule has 30 heavy (non-hydrogen) atoms. The molecule has 1 fully saturated rings. The highest BCUT2D eigenvalue weighted by Gasteiger charge is 2.20. The van der Waals surface area contributed by atoms with Crippen LogP contribution >= 0.6 is 0 Å². The molecule has 0 atom stereocenters. The van der Waals surface area contributed by atoms with E-state index in [0.29, 0.717) is 37.5 Å². The number of hydrogen-bond donors (Lipinski definition) is 1. The summed E-state index contributed by atoms with van der Waals surface area (Å²) in [7, 11) is 0. The molecule has 1 aromatic heterocycles. The first-order valence-electron chi connectivity index (χ1n) is 10.5. The minimum absolute atomic E-state index is 0.0129. The zero-order valence-electron chi connectivity index (χ0n) is 18.1. The van der Waals surface area contributed by atoms with Crippen LogP contribution in [0, 0.1) is 0 Å². The maximum Gasteiger partial charge on any atom is 0.232 e. The van der Waals surface area contributed by atoms with Gasteiger partial charge in [-0.15, -0.1) is 0 Å². The van der Waals surface area contributed by atoms with Gasteiger partial charge in [0.2, 0.25) is 23.6 Å². The fraction of sp³-hybridized carbons (Fsp3) is 0.500. The predicted octanol–water partition coefficient (Wildman–Crippen LogP) is 2.23. The van der Waals surface area contributed by atoms with Crippen LogP contribution in [-0.4, -0.2) is 60.2 Å². The van der Waals surface area contributed by atoms with Crippen molar-refractivity contribution in [1.29, 1.82) is 0 Å². The van der Waals surface area contributed by atoms with E-state index in [4.69, 9.17) is 9.47 Å². The van der Waals surface area contributed by atoms with E-state index in [1.54, 1.807) is 6.07 Å². The van der Waals surface area contributed by atoms with Gasteiger partial charge in [-0.2, -0.15) is 9.97 Å². The molecule has 8 heteroatoms. The number of rotatable bonds is 9. The Morgan fingerprint density at radius 2 is 1.53 bits per heavy atom. The van der Waals surface area contributed by atoms with Crippen molar-refractivity contribution in [2.45, 2.75) is 33.9 Å². The van der Waals surface area contributed by atoms with Crippen molar-refractivity contribution in [3.05, 3.63) is 41.5 Å². The van der Waals surface area contributed by atoms with Crippen LogP contribution in [-0.2, 0) is 17.9 Å². The number of piperazine rings is 1. The minimum Gasteiger partial charge on any atom is -0.478 e. The van der Waals surface area contributed by atoms with Gasteiger partial charge < -0.3 is 19.7 Å². The van der Waals surface area contributed by atoms with E-state index in [2.05, 4.69) is 49.4 Å². The first-order valence-corrected chi connectivity index (χ1v) is 10.5. The third kappa shape index (κ3) is 6.32. The van der Waals surface area contributed by atoms with Gasteiger partial charge in [-0.05, 0) is 25.0 Å². The van der Waals surface area contributed by atoms with Gasteiger partial charge in [-0.3, -0.25) is 9.69 Å². The largest absolute Gasteiger partial charge is 0.478 e. The van der Waals surface area contributed by atoms with Crippen LogP contribution in [0.15, 0.2) is 30.3 Å². The normalized spacial score (nSPS) is 14.4. The average molecular weight is 414 g/mol. The number of amides is 1. The van der Waals surface area contributed by atoms with Crippen LogP contribution in [0.4, 0.5) is 5.95 Å². The number of ether oxygens (including phenoxy) is 2. The van der Waals surface area contributed by atoms with Crippen molar-refractivity contribution >= 4 is 11.9 Å². The smallest absolute Gasteiger partial charge is 0.232 e. The molecule has 0 aliphatic carbocycles. The summed E-state index contributed by atoms with van der Waals surface area (Å²) in [4.78, 5) is 24.7. The Kier molecular flexibility index (Phi) is 7.84. The van der Waals surface area contributed by atoms with E-state index in [9.17, 15) is 4.79 Å². The van der Waals surface area contributed by atoms with Gasteiger partial charge in [-0.1, -0.05) is 24.3 Å². The highest BCUT2D eigenvalue weighted by molar-refractivity contribution is 5.72. The molecule has 2 heterocycles. The lowest BCUT2D eigenvalue weighted by atomic mass is 10.1. The maximum atomic E-state index is 11.0. The fourth-order valence-corrected chi connectivity index (χ4v) is 3.33. The maximum absolute atomic E-state index is 11.0. The van der Waals surface area contributed by atoms with Crippen molar-refractivity contribution in [3.63, 3.8) is 0 Å². The van der Waals surface area contributed by atoms with E-state index in [0.717, 1.165) is 38.3 Å². The minimum atomic E-state index is -0.0129. The van der Waals surface area contributed by atoms with Crippen molar-refractivity contribution in [2.75, 3.05) is 44.3 Å². The van der Waals surface area contributed by atoms with Gasteiger partial charge in [0.05, 0.1) is 19.3 Å². The third-order valence-electron chi connectivity index (χ3n) is 4.88. The molecule has 1 amide bonds. The molecule has 1 aromatic carbocycles. The molecular weight excluding hydrogens is 382 g/mol. The summed E-state index contributed by atoms with van der Waals surface area (Å²) in [6.45, 7) is 11.5. The highest BCUT2D eigenvalue weighted by Crippen LogP contribution is 2.22. The Bertz CT molecular complexity index is 796. The number of aromatic nitrogens is 2. The lowest BCUT2D eigenvalue weighted by Crippen LogP contribution is -2.46. The number of benzene rings is 1. The summed E-state index contributed by atoms with van der Waals surface area (Å²) in [5, 5.41) is 2.82. The highest BCUT2D eigenvalue weighted by atomic mass is 16.5. The van der Waals surface area contributed by atoms with E-state index < -0.39 is 0 Å². The molecule has 0 unspecified atom stereocenters. The Hall–Kier alpha value is -2.87. The second-order valence-corrected chi connectivity index (χ2v) is 7.20. The molecule has 8 nitrogen and oxygen atoms in total. The first kappa shape index (κ1) is 21.8. The molecule has 0 spiro atoms. The SMILES string of the molecule is CCOc1cc(OCC)nc(N2CCN(Cc3ccc(CNC(C)=O)cc3)CC2)n1. The molecule has 1 aliphatic heterocycles. The van der Waals surface area contributed by atoms with Gasteiger partial charge in [-0.25, -0.2) is 0 Å². The quantitative estimate of drug-likeness (QED) is 0.675. The number of nitrogens with one attached hydrogen (secondary N) is 1. The number of hydrogen-bond acceptors (Lipinski definition) is 7. The molecule has 0 radical (unpaired) electrons. The van der Waals surface area contributed by atoms with Gasteiger partial charge in [0.15, 0.2) is 0 Å². The number of nitrogens with zero attached hydrogens (tertiary/aromatic N) is 4. The molecule has 1 N–H and O–H groups in total. The molecule has 1 saturated heterocycles. The van der Waals surface area contributed by atoms with Gasteiger partial charge in [0.25, 0.3) is 0 Å². The van der Waals surface area contributed by atoms with E-state index >= 15 is 0 Å². The zero-order chi connectivity index (χ0) is 21.3. The van der Waals surface area contributed by atoms with Crippen molar-refractivity contribution in [2.24, 2.45) is 0 Å². The molecule has 3 rings (SSSR count). The molecule has 0 saturated carbocycles. The van der Waals surface area contributed by atoms with Crippen LogP contribution in [0.1, 0.15) is 31.9 Å². The summed E-state index contributed by atoms with van der Waals surface area (Å²) < 4.78 is 11.1. The second kappa shape index (κ2) is 10.8. The lowest BCUT2D eigenvalue weighted by Gasteiger charge is -2.34. The lowest BCUT2D eigenvalue weighted by molar-refractivity contribution is -0.119. The average Bonchev–Trinajstić information content (AvgIpc) is 2.74. The standard InChI is InChI=1S/C22H31N5O3/c1-4-29-20-14-21(30-5-2)25-22(24-20)27-12-10-26(11-13-27)16-19-8-6-18(7-9-19)15-23-17(3)28/h6-9,14H,4-5,10-13,15-16H2,1-3H3,(H,23,28). The Balaban J connectivity index is 1.55. The molecular formula is C22H31N5O3. The van der Waals surface area contributed by atoms with E-state index in [1.807, 2.05) is 13.8 Å². The summed E-state index contributed by atoms with van der Waals surface area (Å²) in [5.41, 5.74) is 2.37. The summed E-state index contributed by atoms with van der Waals surface area (Å²) >= 11 is 0. The van der Waals surface area contributed by atoms with Gasteiger partial charge >= 0.3 is 0 Å². The monoisotopic (exact) mass is 413 g/mol. The summed E-state index contributed by atoms with van der Waals surface area (Å²) in [5.74, 6) is 1.74. The van der Waals surface area contributed by atoms with Crippen LogP contribution < -0.4 is 19.7 Å². The van der Waals surface area contributed by atoms with Crippen LogP contribution in [0.2, 0.25) is 0 Å². The van der Waals surface area contributed by atoms with Crippen molar-refractivity contribution in [3.8, 4) is 11.8 Å². The van der Waals surface area contributed by atoms with Crippen LogP contribution in [0.3, 0.4) is 0 Å². The third-order valence-corrected chi connectivity index (χ3v) is 4.88. The van der Waals surface area contributed by atoms with Crippen LogP contribution in [0.5, 0.6) is 11.8 Å². The molecule has 162 valence electrons. The van der Waals surface area contributed by atoms with Crippen molar-refractivity contribution in [1.82, 2.24) is 20.2 Å². The zero-order valence-corrected chi connectivity index (χ0v) is 18.1.